The fraction of sp³-hybridized carbons (Fsp3) is 0.900. The van der Waals surface area contributed by atoms with Crippen LogP contribution in [0.15, 0.2) is 0 Å². The molecule has 0 bridgehead atoms. The van der Waals surface area contributed by atoms with E-state index in [0.29, 0.717) is 19.9 Å². The Bertz CT molecular complexity index is 223. The molecule has 0 radical (unpaired) electrons. The van der Waals surface area contributed by atoms with E-state index in [4.69, 9.17) is 9.47 Å². The summed E-state index contributed by atoms with van der Waals surface area (Å²) >= 11 is 0. The Labute approximate surface area is 90.9 Å². The molecule has 1 saturated heterocycles. The van der Waals surface area contributed by atoms with Gasteiger partial charge in [-0.25, -0.2) is 4.79 Å². The Kier molecular flexibility index (Phi) is 4.35. The SMILES string of the molecule is CCOCN1C(=O)N(C)C(C)C1OCC. The molecule has 15 heavy (non-hydrogen) atoms. The number of likely N-dealkylation sites (N-methyl/N-ethyl adjacent to an activating group) is 1. The second-order valence-electron chi connectivity index (χ2n) is 3.57. The smallest absolute Gasteiger partial charge is 0.324 e. The lowest BCUT2D eigenvalue weighted by molar-refractivity contribution is -0.0698. The number of carbonyl (C=O) groups is 1. The normalized spacial score (nSPS) is 26.5. The topological polar surface area (TPSA) is 42.0 Å². The summed E-state index contributed by atoms with van der Waals surface area (Å²) in [5.41, 5.74) is 0. The zero-order chi connectivity index (χ0) is 11.4. The van der Waals surface area contributed by atoms with Gasteiger partial charge in [-0.05, 0) is 20.8 Å². The third kappa shape index (κ3) is 2.41. The molecule has 0 aromatic rings. The van der Waals surface area contributed by atoms with Gasteiger partial charge in [0, 0.05) is 20.3 Å². The maximum atomic E-state index is 11.8. The van der Waals surface area contributed by atoms with Crippen molar-refractivity contribution in [2.45, 2.75) is 33.0 Å². The van der Waals surface area contributed by atoms with Crippen LogP contribution in [0.2, 0.25) is 0 Å². The number of urea groups is 1. The van der Waals surface area contributed by atoms with Gasteiger partial charge in [0.15, 0.2) is 6.23 Å². The van der Waals surface area contributed by atoms with E-state index in [0.717, 1.165) is 0 Å². The minimum atomic E-state index is -0.195. The van der Waals surface area contributed by atoms with Crippen molar-refractivity contribution in [2.24, 2.45) is 0 Å². The molecule has 1 aliphatic heterocycles. The highest BCUT2D eigenvalue weighted by molar-refractivity contribution is 5.77. The van der Waals surface area contributed by atoms with Crippen molar-refractivity contribution in [1.29, 1.82) is 0 Å². The summed E-state index contributed by atoms with van der Waals surface area (Å²) in [6.07, 6.45) is -0.195. The quantitative estimate of drug-likeness (QED) is 0.691. The van der Waals surface area contributed by atoms with Crippen LogP contribution in [0, 0.1) is 0 Å². The number of ether oxygens (including phenoxy) is 2. The summed E-state index contributed by atoms with van der Waals surface area (Å²) < 4.78 is 10.8. The van der Waals surface area contributed by atoms with Crippen molar-refractivity contribution in [3.63, 3.8) is 0 Å². The lowest BCUT2D eigenvalue weighted by atomic mass is 10.3. The summed E-state index contributed by atoms with van der Waals surface area (Å²) in [4.78, 5) is 15.1. The summed E-state index contributed by atoms with van der Waals surface area (Å²) in [6, 6.07) is 0.0345. The van der Waals surface area contributed by atoms with Gasteiger partial charge in [-0.2, -0.15) is 0 Å². The molecule has 0 aliphatic carbocycles. The largest absolute Gasteiger partial charge is 0.361 e. The highest BCUT2D eigenvalue weighted by atomic mass is 16.5. The maximum absolute atomic E-state index is 11.8. The van der Waals surface area contributed by atoms with Gasteiger partial charge in [-0.3, -0.25) is 4.90 Å². The average molecular weight is 216 g/mol. The number of hydrogen-bond acceptors (Lipinski definition) is 3. The number of hydrogen-bond donors (Lipinski definition) is 0. The van der Waals surface area contributed by atoms with Crippen LogP contribution < -0.4 is 0 Å². The average Bonchev–Trinajstić information content (AvgIpc) is 2.42. The molecular formula is C10H20N2O3. The van der Waals surface area contributed by atoms with Crippen LogP contribution in [0.4, 0.5) is 4.79 Å². The molecule has 2 unspecified atom stereocenters. The zero-order valence-electron chi connectivity index (χ0n) is 9.90. The molecule has 0 N–H and O–H groups in total. The molecule has 5 heteroatoms. The fourth-order valence-corrected chi connectivity index (χ4v) is 1.66. The Morgan fingerprint density at radius 1 is 1.33 bits per heavy atom. The molecule has 88 valence electrons. The molecule has 0 saturated carbocycles. The highest BCUT2D eigenvalue weighted by Gasteiger charge is 2.41. The van der Waals surface area contributed by atoms with Crippen LogP contribution in [0.5, 0.6) is 0 Å². The molecule has 1 rings (SSSR count). The van der Waals surface area contributed by atoms with Crippen LogP contribution >= 0.6 is 0 Å². The number of nitrogens with zero attached hydrogens (tertiary/aromatic N) is 2. The monoisotopic (exact) mass is 216 g/mol. The van der Waals surface area contributed by atoms with Crippen molar-refractivity contribution < 1.29 is 14.3 Å². The first-order valence-electron chi connectivity index (χ1n) is 5.36. The van der Waals surface area contributed by atoms with Crippen LogP contribution in [0.25, 0.3) is 0 Å². The van der Waals surface area contributed by atoms with Crippen LogP contribution in [-0.2, 0) is 9.47 Å². The fourth-order valence-electron chi connectivity index (χ4n) is 1.66. The van der Waals surface area contributed by atoms with E-state index in [1.807, 2.05) is 20.8 Å². The van der Waals surface area contributed by atoms with E-state index in [2.05, 4.69) is 0 Å². The molecule has 2 amide bonds. The molecule has 0 aromatic heterocycles. The third-order valence-corrected chi connectivity index (χ3v) is 2.65. The Morgan fingerprint density at radius 3 is 2.53 bits per heavy atom. The molecule has 1 fully saturated rings. The van der Waals surface area contributed by atoms with Gasteiger partial charge in [0.25, 0.3) is 0 Å². The van der Waals surface area contributed by atoms with Crippen LogP contribution in [0.1, 0.15) is 20.8 Å². The predicted octanol–water partition coefficient (Wildman–Crippen LogP) is 1.10. The molecule has 0 aromatic carbocycles. The van der Waals surface area contributed by atoms with Gasteiger partial charge < -0.3 is 14.4 Å². The van der Waals surface area contributed by atoms with Gasteiger partial charge in [0.2, 0.25) is 0 Å². The highest BCUT2D eigenvalue weighted by Crippen LogP contribution is 2.21. The van der Waals surface area contributed by atoms with Crippen molar-refractivity contribution in [1.82, 2.24) is 9.80 Å². The Hall–Kier alpha value is -0.810. The van der Waals surface area contributed by atoms with E-state index >= 15 is 0 Å². The van der Waals surface area contributed by atoms with Gasteiger partial charge in [-0.1, -0.05) is 0 Å². The standard InChI is InChI=1S/C10H20N2O3/c1-5-14-7-12-9(15-6-2)8(3)11(4)10(12)13/h8-9H,5-7H2,1-4H3. The second-order valence-corrected chi connectivity index (χ2v) is 3.57. The second kappa shape index (κ2) is 5.32. The van der Waals surface area contributed by atoms with Crippen molar-refractivity contribution in [3.8, 4) is 0 Å². The molecule has 5 nitrogen and oxygen atoms in total. The van der Waals surface area contributed by atoms with Gasteiger partial charge in [0.05, 0.1) is 6.04 Å². The number of amides is 2. The van der Waals surface area contributed by atoms with Crippen LogP contribution in [-0.4, -0.2) is 55.1 Å². The third-order valence-electron chi connectivity index (χ3n) is 2.65. The van der Waals surface area contributed by atoms with Gasteiger partial charge >= 0.3 is 6.03 Å². The van der Waals surface area contributed by atoms with Gasteiger partial charge in [-0.15, -0.1) is 0 Å². The maximum Gasteiger partial charge on any atom is 0.324 e. The number of rotatable bonds is 5. The molecule has 1 aliphatic rings. The summed E-state index contributed by atoms with van der Waals surface area (Å²) in [5.74, 6) is 0. The molecular weight excluding hydrogens is 196 g/mol. The first-order valence-corrected chi connectivity index (χ1v) is 5.36. The van der Waals surface area contributed by atoms with E-state index in [-0.39, 0.29) is 18.3 Å². The summed E-state index contributed by atoms with van der Waals surface area (Å²) in [6.45, 7) is 7.30. The molecule has 0 spiro atoms. The van der Waals surface area contributed by atoms with Crippen molar-refractivity contribution in [3.05, 3.63) is 0 Å². The van der Waals surface area contributed by atoms with E-state index in [1.54, 1.807) is 16.8 Å². The Balaban J connectivity index is 2.66. The van der Waals surface area contributed by atoms with Crippen molar-refractivity contribution in [2.75, 3.05) is 27.0 Å². The van der Waals surface area contributed by atoms with Crippen LogP contribution in [0.3, 0.4) is 0 Å². The van der Waals surface area contributed by atoms with E-state index in [1.165, 1.54) is 0 Å². The first kappa shape index (κ1) is 12.3. The van der Waals surface area contributed by atoms with Gasteiger partial charge in [0.1, 0.15) is 6.73 Å². The zero-order valence-corrected chi connectivity index (χ0v) is 9.90. The van der Waals surface area contributed by atoms with Crippen molar-refractivity contribution >= 4 is 6.03 Å². The predicted molar refractivity (Wildman–Crippen MR) is 56.4 cm³/mol. The molecule has 1 heterocycles. The van der Waals surface area contributed by atoms with E-state index < -0.39 is 0 Å². The molecule has 2 atom stereocenters. The lowest BCUT2D eigenvalue weighted by Crippen LogP contribution is -2.39. The number of carbonyl (C=O) groups excluding carboxylic acids is 1. The Morgan fingerprint density at radius 2 is 2.00 bits per heavy atom. The minimum absolute atomic E-state index is 0.0330. The first-order chi connectivity index (χ1) is 7.13. The minimum Gasteiger partial charge on any atom is -0.361 e. The summed E-state index contributed by atoms with van der Waals surface area (Å²) in [7, 11) is 1.78. The summed E-state index contributed by atoms with van der Waals surface area (Å²) in [5, 5.41) is 0. The lowest BCUT2D eigenvalue weighted by Gasteiger charge is -2.24. The van der Waals surface area contributed by atoms with E-state index in [9.17, 15) is 4.79 Å².